The van der Waals surface area contributed by atoms with Gasteiger partial charge in [0.05, 0.1) is 34.1 Å². The normalized spacial score (nSPS) is 19.9. The van der Waals surface area contributed by atoms with Crippen molar-refractivity contribution in [1.82, 2.24) is 0 Å². The summed E-state index contributed by atoms with van der Waals surface area (Å²) in [6.45, 7) is 3.99. The van der Waals surface area contributed by atoms with Crippen molar-refractivity contribution in [3.05, 3.63) is 79.6 Å². The van der Waals surface area contributed by atoms with E-state index in [1.165, 1.54) is 6.07 Å². The van der Waals surface area contributed by atoms with Crippen LogP contribution in [0.5, 0.6) is 0 Å². The van der Waals surface area contributed by atoms with E-state index in [1.807, 2.05) is 13.8 Å². The molecule has 8 nitrogen and oxygen atoms in total. The first-order valence-corrected chi connectivity index (χ1v) is 10.7. The topological polar surface area (TPSA) is 137 Å². The van der Waals surface area contributed by atoms with Gasteiger partial charge in [-0.3, -0.25) is 19.8 Å². The molecule has 0 amide bonds. The van der Waals surface area contributed by atoms with E-state index in [1.54, 1.807) is 35.2 Å². The highest BCUT2D eigenvalue weighted by atomic mass is 32.1. The lowest BCUT2D eigenvalue weighted by Gasteiger charge is -2.43. The van der Waals surface area contributed by atoms with Crippen LogP contribution in [-0.4, -0.2) is 10.7 Å². The lowest BCUT2D eigenvalue weighted by Crippen LogP contribution is -2.42. The summed E-state index contributed by atoms with van der Waals surface area (Å²) in [6.07, 6.45) is 0.840. The Bertz CT molecular complexity index is 1290. The molecule has 32 heavy (non-hydrogen) atoms. The molecule has 1 aliphatic heterocycles. The Hall–Kier alpha value is -3.95. The van der Waals surface area contributed by atoms with Gasteiger partial charge in [0.1, 0.15) is 5.82 Å². The van der Waals surface area contributed by atoms with Crippen LogP contribution >= 0.6 is 11.3 Å². The summed E-state index contributed by atoms with van der Waals surface area (Å²) in [5.74, 6) is -0.661. The third-order valence-corrected chi connectivity index (χ3v) is 6.81. The van der Waals surface area contributed by atoms with Gasteiger partial charge in [-0.15, -0.1) is 0 Å². The summed E-state index contributed by atoms with van der Waals surface area (Å²) in [5.41, 5.74) is 8.63. The number of nitriles is 2. The molecular formula is C23H19N5O3S. The number of hydrogen-bond donors (Lipinski definition) is 1. The molecule has 2 aromatic rings. The van der Waals surface area contributed by atoms with Crippen molar-refractivity contribution in [2.24, 2.45) is 11.1 Å². The maximum Gasteiger partial charge on any atom is 0.324 e. The highest BCUT2D eigenvalue weighted by molar-refractivity contribution is 7.15. The molecule has 1 atom stereocenters. The molecule has 4 rings (SSSR count). The molecule has 0 unspecified atom stereocenters. The minimum absolute atomic E-state index is 0.0591. The Morgan fingerprint density at radius 3 is 2.41 bits per heavy atom. The van der Waals surface area contributed by atoms with Crippen molar-refractivity contribution in [2.75, 3.05) is 4.90 Å². The summed E-state index contributed by atoms with van der Waals surface area (Å²) in [5, 5.41) is 30.3. The van der Waals surface area contributed by atoms with Gasteiger partial charge in [0.25, 0.3) is 0 Å². The minimum Gasteiger partial charge on any atom is -0.384 e. The van der Waals surface area contributed by atoms with Crippen molar-refractivity contribution in [2.45, 2.75) is 32.6 Å². The van der Waals surface area contributed by atoms with E-state index < -0.39 is 10.8 Å². The van der Waals surface area contributed by atoms with E-state index in [2.05, 4.69) is 12.1 Å². The number of benzene rings is 1. The number of nitrogens with two attached hydrogens (primary N) is 1. The molecule has 0 bridgehead atoms. The molecule has 1 aliphatic carbocycles. The SMILES string of the molecule is CC1(C)CC(=O)C2=C(C1)N(c1ccc(C#N)cc1)C(N)=C(C#N)[C@@H]2c1ccc([N+](=O)[O-])s1. The monoisotopic (exact) mass is 445 g/mol. The second-order valence-electron chi connectivity index (χ2n) is 8.57. The van der Waals surface area contributed by atoms with Crippen molar-refractivity contribution in [3.8, 4) is 12.1 Å². The number of carbonyl (C=O) groups excluding carboxylic acids is 1. The first-order chi connectivity index (χ1) is 15.2. The van der Waals surface area contributed by atoms with Gasteiger partial charge >= 0.3 is 5.00 Å². The number of thiophene rings is 1. The van der Waals surface area contributed by atoms with Crippen molar-refractivity contribution in [3.63, 3.8) is 0 Å². The average molecular weight is 446 g/mol. The fraction of sp³-hybridized carbons (Fsp3) is 0.261. The summed E-state index contributed by atoms with van der Waals surface area (Å²) in [4.78, 5) is 26.4. The highest BCUT2D eigenvalue weighted by Gasteiger charge is 2.45. The largest absolute Gasteiger partial charge is 0.384 e. The van der Waals surface area contributed by atoms with Crippen LogP contribution in [0.15, 0.2) is 59.1 Å². The number of ketones is 1. The zero-order valence-corrected chi connectivity index (χ0v) is 18.3. The van der Waals surface area contributed by atoms with Crippen molar-refractivity contribution >= 4 is 27.8 Å². The van der Waals surface area contributed by atoms with Crippen LogP contribution < -0.4 is 10.6 Å². The maximum atomic E-state index is 13.4. The molecule has 0 fully saturated rings. The smallest absolute Gasteiger partial charge is 0.324 e. The standard InChI is InChI=1S/C23H19N5O3S/c1-23(2)9-16-21(17(29)10-23)20(18-7-8-19(32-18)28(30)31)15(12-25)22(26)27(16)14-5-3-13(11-24)4-6-14/h3-8,20H,9-10,26H2,1-2H3/t20-/m1/s1. The number of nitrogens with zero attached hydrogens (tertiary/aromatic N) is 4. The summed E-state index contributed by atoms with van der Waals surface area (Å²) < 4.78 is 0. The van der Waals surface area contributed by atoms with Crippen LogP contribution in [0.25, 0.3) is 0 Å². The van der Waals surface area contributed by atoms with Crippen LogP contribution in [0.2, 0.25) is 0 Å². The van der Waals surface area contributed by atoms with Gasteiger partial charge in [-0.05, 0) is 42.2 Å². The number of nitro groups is 1. The summed E-state index contributed by atoms with van der Waals surface area (Å²) in [7, 11) is 0. The Kier molecular flexibility index (Phi) is 5.08. The van der Waals surface area contributed by atoms with E-state index in [4.69, 9.17) is 11.0 Å². The first-order valence-electron chi connectivity index (χ1n) is 9.87. The van der Waals surface area contributed by atoms with E-state index in [0.29, 0.717) is 40.2 Å². The molecular weight excluding hydrogens is 426 g/mol. The molecule has 1 aromatic heterocycles. The molecule has 0 saturated heterocycles. The lowest BCUT2D eigenvalue weighted by molar-refractivity contribution is -0.380. The molecule has 0 saturated carbocycles. The number of hydrogen-bond acceptors (Lipinski definition) is 8. The van der Waals surface area contributed by atoms with Gasteiger partial charge in [0.15, 0.2) is 5.78 Å². The van der Waals surface area contributed by atoms with E-state index in [-0.39, 0.29) is 27.6 Å². The van der Waals surface area contributed by atoms with E-state index in [9.17, 15) is 20.2 Å². The second-order valence-corrected chi connectivity index (χ2v) is 9.67. The highest BCUT2D eigenvalue weighted by Crippen LogP contribution is 2.51. The zero-order chi connectivity index (χ0) is 23.2. The predicted molar refractivity (Wildman–Crippen MR) is 119 cm³/mol. The molecule has 2 N–H and O–H groups in total. The second kappa shape index (κ2) is 7.63. The van der Waals surface area contributed by atoms with Crippen LogP contribution in [0.3, 0.4) is 0 Å². The lowest BCUT2D eigenvalue weighted by atomic mass is 9.69. The Labute approximate surface area is 188 Å². The summed E-state index contributed by atoms with van der Waals surface area (Å²) >= 11 is 0.947. The number of anilines is 1. The molecule has 0 radical (unpaired) electrons. The average Bonchev–Trinajstić information content (AvgIpc) is 3.22. The fourth-order valence-corrected chi connectivity index (χ4v) is 5.31. The predicted octanol–water partition coefficient (Wildman–Crippen LogP) is 4.47. The van der Waals surface area contributed by atoms with E-state index >= 15 is 0 Å². The van der Waals surface area contributed by atoms with E-state index in [0.717, 1.165) is 11.3 Å². The number of allylic oxidation sites excluding steroid dienone is 3. The van der Waals surface area contributed by atoms with Gasteiger partial charge in [-0.1, -0.05) is 25.2 Å². The zero-order valence-electron chi connectivity index (χ0n) is 17.5. The van der Waals surface area contributed by atoms with Crippen molar-refractivity contribution in [1.29, 1.82) is 10.5 Å². The maximum absolute atomic E-state index is 13.4. The molecule has 9 heteroatoms. The first kappa shape index (κ1) is 21.3. The quantitative estimate of drug-likeness (QED) is 0.543. The third kappa shape index (κ3) is 3.43. The fourth-order valence-electron chi connectivity index (χ4n) is 4.37. The number of carbonyl (C=O) groups is 1. The van der Waals surface area contributed by atoms with Crippen LogP contribution in [0.1, 0.15) is 43.0 Å². The van der Waals surface area contributed by atoms with Crippen LogP contribution in [0, 0.1) is 38.2 Å². The molecule has 160 valence electrons. The van der Waals surface area contributed by atoms with Gasteiger partial charge in [0, 0.05) is 34.3 Å². The van der Waals surface area contributed by atoms with Crippen LogP contribution in [-0.2, 0) is 4.79 Å². The minimum atomic E-state index is -0.744. The van der Waals surface area contributed by atoms with Gasteiger partial charge in [0.2, 0.25) is 0 Å². The Morgan fingerprint density at radius 1 is 1.16 bits per heavy atom. The van der Waals surface area contributed by atoms with Crippen LogP contribution in [0.4, 0.5) is 10.7 Å². The molecule has 2 aliphatic rings. The summed E-state index contributed by atoms with van der Waals surface area (Å²) in [6, 6.07) is 14.0. The van der Waals surface area contributed by atoms with Crippen molar-refractivity contribution < 1.29 is 9.72 Å². The number of rotatable bonds is 3. The molecule has 1 aromatic carbocycles. The molecule has 0 spiro atoms. The van der Waals surface area contributed by atoms with Gasteiger partial charge < -0.3 is 5.73 Å². The van der Waals surface area contributed by atoms with Gasteiger partial charge in [-0.2, -0.15) is 10.5 Å². The molecule has 2 heterocycles. The number of Topliss-reactive ketones (excluding diaryl/α,β-unsaturated/α-hetero) is 1. The third-order valence-electron chi connectivity index (χ3n) is 5.71. The van der Waals surface area contributed by atoms with Gasteiger partial charge in [-0.25, -0.2) is 0 Å². The Morgan fingerprint density at radius 2 is 1.84 bits per heavy atom. The Balaban J connectivity index is 1.97.